The molecule has 7 heteroatoms. The summed E-state index contributed by atoms with van der Waals surface area (Å²) in [4.78, 5) is 0. The van der Waals surface area contributed by atoms with E-state index in [4.69, 9.17) is 10.2 Å². The van der Waals surface area contributed by atoms with E-state index in [1.54, 1.807) is 0 Å². The minimum Gasteiger partial charge on any atom is -0.376 e. The Kier molecular flexibility index (Phi) is 7.00. The van der Waals surface area contributed by atoms with E-state index in [9.17, 15) is 4.57 Å². The van der Waals surface area contributed by atoms with Gasteiger partial charge >= 0.3 is 8.25 Å². The maximum atomic E-state index is 11.1. The predicted octanol–water partition coefficient (Wildman–Crippen LogP) is 0.489. The van der Waals surface area contributed by atoms with Crippen LogP contribution in [-0.4, -0.2) is 34.3 Å². The van der Waals surface area contributed by atoms with Crippen molar-refractivity contribution in [3.8, 4) is 0 Å². The van der Waals surface area contributed by atoms with Crippen molar-refractivity contribution in [3.05, 3.63) is 12.7 Å². The summed E-state index contributed by atoms with van der Waals surface area (Å²) in [5, 5.41) is 19.0. The Morgan fingerprint density at radius 3 is 2.36 bits per heavy atom. The Morgan fingerprint density at radius 2 is 2.00 bits per heavy atom. The van der Waals surface area contributed by atoms with Gasteiger partial charge in [-0.05, 0) is 13.8 Å². The van der Waals surface area contributed by atoms with E-state index in [1.807, 2.05) is 0 Å². The van der Waals surface area contributed by atoms with Gasteiger partial charge in [-0.15, -0.1) is 11.6 Å². The van der Waals surface area contributed by atoms with Gasteiger partial charge in [-0.2, -0.15) is 0 Å². The first-order valence-corrected chi connectivity index (χ1v) is 5.31. The Labute approximate surface area is 83.6 Å². The number of rotatable bonds is 7. The molecule has 0 aliphatic rings. The minimum absolute atomic E-state index is 0.0885. The van der Waals surface area contributed by atoms with Gasteiger partial charge in [-0.1, -0.05) is 6.08 Å². The van der Waals surface area contributed by atoms with Crippen LogP contribution in [0.1, 0.15) is 13.8 Å². The topological polar surface area (TPSA) is 79.2 Å². The molecule has 3 atom stereocenters. The lowest BCUT2D eigenvalue weighted by Crippen LogP contribution is -2.38. The second kappa shape index (κ2) is 7.11. The predicted molar refractivity (Wildman–Crippen MR) is 51.4 cm³/mol. The molecule has 0 aromatic rings. The van der Waals surface area contributed by atoms with Gasteiger partial charge in [0.2, 0.25) is 0 Å². The summed E-state index contributed by atoms with van der Waals surface area (Å²) in [5.74, 6) is 0. The van der Waals surface area contributed by atoms with E-state index in [0.717, 1.165) is 5.06 Å². The molecule has 0 heterocycles. The highest BCUT2D eigenvalue weighted by Gasteiger charge is 2.19. The van der Waals surface area contributed by atoms with Crippen molar-refractivity contribution in [3.63, 3.8) is 0 Å². The van der Waals surface area contributed by atoms with Crippen molar-refractivity contribution in [2.75, 3.05) is 6.61 Å². The van der Waals surface area contributed by atoms with Gasteiger partial charge in [-0.3, -0.25) is 4.57 Å². The Morgan fingerprint density at radius 1 is 1.50 bits per heavy atom. The second-order valence-corrected chi connectivity index (χ2v) is 3.54. The first-order chi connectivity index (χ1) is 6.49. The van der Waals surface area contributed by atoms with Crippen LogP contribution in [0.25, 0.3) is 0 Å². The van der Waals surface area contributed by atoms with Crippen molar-refractivity contribution >= 4 is 8.25 Å². The van der Waals surface area contributed by atoms with Gasteiger partial charge in [-0.25, -0.2) is 4.62 Å². The van der Waals surface area contributed by atoms with E-state index >= 15 is 0 Å². The Balaban J connectivity index is 4.03. The SMILES string of the molecule is C=CCO[PH](=O)ON(C(C)O)C(C)O. The van der Waals surface area contributed by atoms with Crippen LogP contribution in [0.2, 0.25) is 0 Å². The maximum Gasteiger partial charge on any atom is 0.336 e. The van der Waals surface area contributed by atoms with Crippen molar-refractivity contribution in [2.45, 2.75) is 26.3 Å². The molecule has 0 aromatic heterocycles. The van der Waals surface area contributed by atoms with Gasteiger partial charge in [0.25, 0.3) is 0 Å². The Bertz CT molecular complexity index is 189. The molecule has 14 heavy (non-hydrogen) atoms. The van der Waals surface area contributed by atoms with E-state index in [-0.39, 0.29) is 6.61 Å². The summed E-state index contributed by atoms with van der Waals surface area (Å²) in [7, 11) is -2.76. The second-order valence-electron chi connectivity index (χ2n) is 2.56. The summed E-state index contributed by atoms with van der Waals surface area (Å²) in [6.45, 7) is 6.20. The van der Waals surface area contributed by atoms with E-state index in [2.05, 4.69) is 15.7 Å². The number of hydrogen-bond acceptors (Lipinski definition) is 6. The molecule has 0 amide bonds. The van der Waals surface area contributed by atoms with E-state index in [0.29, 0.717) is 0 Å². The van der Waals surface area contributed by atoms with Crippen LogP contribution in [0.3, 0.4) is 0 Å². The van der Waals surface area contributed by atoms with Crippen LogP contribution >= 0.6 is 8.25 Å². The van der Waals surface area contributed by atoms with Crippen LogP contribution in [-0.2, 0) is 13.7 Å². The lowest BCUT2D eigenvalue weighted by Gasteiger charge is -2.25. The summed E-state index contributed by atoms with van der Waals surface area (Å²) in [6, 6.07) is 0. The van der Waals surface area contributed by atoms with Crippen LogP contribution in [0, 0.1) is 0 Å². The molecule has 0 aliphatic carbocycles. The van der Waals surface area contributed by atoms with Crippen molar-refractivity contribution < 1.29 is 23.9 Å². The molecular weight excluding hydrogens is 209 g/mol. The fourth-order valence-electron chi connectivity index (χ4n) is 0.704. The summed E-state index contributed by atoms with van der Waals surface area (Å²) in [6.07, 6.45) is -0.728. The number of nitrogens with zero attached hydrogens (tertiary/aromatic N) is 1. The number of aliphatic hydroxyl groups excluding tert-OH is 2. The van der Waals surface area contributed by atoms with E-state index in [1.165, 1.54) is 19.9 Å². The summed E-state index contributed by atoms with van der Waals surface area (Å²) < 4.78 is 20.4. The third kappa shape index (κ3) is 5.49. The zero-order chi connectivity index (χ0) is 11.1. The standard InChI is InChI=1S/C7H16NO5P/c1-4-5-12-14(11)13-8(6(2)9)7(3)10/h4,6-7,9-10,14H,1,5H2,2-3H3. The van der Waals surface area contributed by atoms with Crippen molar-refractivity contribution in [1.82, 2.24) is 5.06 Å². The molecule has 0 saturated heterocycles. The maximum absolute atomic E-state index is 11.1. The zero-order valence-corrected chi connectivity index (χ0v) is 9.21. The number of hydroxylamine groups is 2. The highest BCUT2D eigenvalue weighted by molar-refractivity contribution is 7.33. The van der Waals surface area contributed by atoms with Crippen LogP contribution in [0.5, 0.6) is 0 Å². The quantitative estimate of drug-likeness (QED) is 0.284. The molecule has 0 rings (SSSR count). The molecule has 0 bridgehead atoms. The van der Waals surface area contributed by atoms with Gasteiger partial charge < -0.3 is 14.7 Å². The van der Waals surface area contributed by atoms with Gasteiger partial charge in [0.05, 0.1) is 6.61 Å². The average molecular weight is 225 g/mol. The van der Waals surface area contributed by atoms with Crippen molar-refractivity contribution in [2.24, 2.45) is 0 Å². The first-order valence-electron chi connectivity index (χ1n) is 4.09. The largest absolute Gasteiger partial charge is 0.376 e. The minimum atomic E-state index is -2.76. The van der Waals surface area contributed by atoms with Crippen molar-refractivity contribution in [1.29, 1.82) is 0 Å². The van der Waals surface area contributed by atoms with Crippen LogP contribution in [0.4, 0.5) is 0 Å². The van der Waals surface area contributed by atoms with E-state index < -0.39 is 20.7 Å². The fourth-order valence-corrected chi connectivity index (χ4v) is 1.49. The lowest BCUT2D eigenvalue weighted by atomic mass is 10.5. The molecule has 0 aliphatic heterocycles. The normalized spacial score (nSPS) is 17.8. The summed E-state index contributed by atoms with van der Waals surface area (Å²) >= 11 is 0. The Hall–Kier alpha value is -0.230. The highest BCUT2D eigenvalue weighted by atomic mass is 31.1. The van der Waals surface area contributed by atoms with Crippen LogP contribution in [0.15, 0.2) is 12.7 Å². The third-order valence-electron chi connectivity index (χ3n) is 1.24. The molecule has 0 saturated carbocycles. The molecule has 0 spiro atoms. The average Bonchev–Trinajstić information content (AvgIpc) is 2.09. The van der Waals surface area contributed by atoms with Gasteiger partial charge in [0.1, 0.15) is 12.5 Å². The smallest absolute Gasteiger partial charge is 0.336 e. The first kappa shape index (κ1) is 13.8. The van der Waals surface area contributed by atoms with Gasteiger partial charge in [0, 0.05) is 0 Å². The highest BCUT2D eigenvalue weighted by Crippen LogP contribution is 2.27. The summed E-state index contributed by atoms with van der Waals surface area (Å²) in [5.41, 5.74) is 0. The number of hydrogen-bond donors (Lipinski definition) is 2. The molecule has 84 valence electrons. The molecule has 6 nitrogen and oxygen atoms in total. The molecule has 2 N–H and O–H groups in total. The molecule has 0 aromatic carbocycles. The fraction of sp³-hybridized carbons (Fsp3) is 0.714. The molecule has 0 radical (unpaired) electrons. The third-order valence-corrected chi connectivity index (χ3v) is 2.00. The van der Waals surface area contributed by atoms with Gasteiger partial charge in [0.15, 0.2) is 0 Å². The lowest BCUT2D eigenvalue weighted by molar-refractivity contribution is -0.237. The molecule has 0 fully saturated rings. The number of aliphatic hydroxyl groups is 2. The monoisotopic (exact) mass is 225 g/mol. The van der Waals surface area contributed by atoms with Crippen LogP contribution < -0.4 is 0 Å². The zero-order valence-electron chi connectivity index (χ0n) is 8.21. The molecular formula is C7H16NO5P. The molecule has 3 unspecified atom stereocenters.